The molecule has 0 fully saturated rings. The minimum atomic E-state index is -0.360. The highest BCUT2D eigenvalue weighted by Crippen LogP contribution is 2.35. The van der Waals surface area contributed by atoms with Gasteiger partial charge in [-0.25, -0.2) is 4.39 Å². The quantitative estimate of drug-likeness (QED) is 0.630. The van der Waals surface area contributed by atoms with Crippen LogP contribution in [0.5, 0.6) is 0 Å². The van der Waals surface area contributed by atoms with E-state index in [0.29, 0.717) is 27.2 Å². The third-order valence-corrected chi connectivity index (χ3v) is 3.65. The lowest BCUT2D eigenvalue weighted by Gasteiger charge is -2.12. The average molecular weight is 300 g/mol. The fourth-order valence-corrected chi connectivity index (χ4v) is 2.68. The number of ketones is 1. The maximum absolute atomic E-state index is 13.5. The number of hydrogen-bond donors (Lipinski definition) is 0. The second-order valence-corrected chi connectivity index (χ2v) is 5.15. The Kier molecular flexibility index (Phi) is 3.43. The molecule has 1 heterocycles. The van der Waals surface area contributed by atoms with Crippen LogP contribution in [0.25, 0.3) is 22.0 Å². The molecule has 21 heavy (non-hydrogen) atoms. The summed E-state index contributed by atoms with van der Waals surface area (Å²) in [6, 6.07) is 11.3. The van der Waals surface area contributed by atoms with Crippen molar-refractivity contribution in [2.24, 2.45) is 0 Å². The molecule has 0 aliphatic heterocycles. The standard InChI is InChI=1S/C17H11ClFNO/c1-10(21)14-9-15(18)13-6-3-7-20-17(13)16(14)11-4-2-5-12(19)8-11/h2-9H,1H3. The second kappa shape index (κ2) is 5.26. The highest BCUT2D eigenvalue weighted by atomic mass is 35.5. The molecular weight excluding hydrogens is 289 g/mol. The Morgan fingerprint density at radius 1 is 1.19 bits per heavy atom. The lowest BCUT2D eigenvalue weighted by Crippen LogP contribution is -1.99. The van der Waals surface area contributed by atoms with Crippen LogP contribution in [0.3, 0.4) is 0 Å². The van der Waals surface area contributed by atoms with Crippen molar-refractivity contribution >= 4 is 28.3 Å². The molecule has 0 amide bonds. The van der Waals surface area contributed by atoms with Gasteiger partial charge in [-0.05, 0) is 42.8 Å². The molecule has 1 aromatic heterocycles. The van der Waals surface area contributed by atoms with Crippen LogP contribution in [0.2, 0.25) is 5.02 Å². The van der Waals surface area contributed by atoms with Crippen LogP contribution in [-0.4, -0.2) is 10.8 Å². The van der Waals surface area contributed by atoms with Crippen LogP contribution in [0.1, 0.15) is 17.3 Å². The van der Waals surface area contributed by atoms with Gasteiger partial charge in [-0.1, -0.05) is 23.7 Å². The molecule has 0 saturated carbocycles. The van der Waals surface area contributed by atoms with Crippen molar-refractivity contribution < 1.29 is 9.18 Å². The third-order valence-electron chi connectivity index (χ3n) is 3.33. The van der Waals surface area contributed by atoms with Crippen LogP contribution >= 0.6 is 11.6 Å². The minimum absolute atomic E-state index is 0.135. The van der Waals surface area contributed by atoms with E-state index < -0.39 is 0 Å². The van der Waals surface area contributed by atoms with Gasteiger partial charge in [0.15, 0.2) is 5.78 Å². The first kappa shape index (κ1) is 13.7. The number of aromatic nitrogens is 1. The number of carbonyl (C=O) groups excluding carboxylic acids is 1. The van der Waals surface area contributed by atoms with Crippen molar-refractivity contribution in [3.05, 3.63) is 65.1 Å². The molecule has 104 valence electrons. The SMILES string of the molecule is CC(=O)c1cc(Cl)c2cccnc2c1-c1cccc(F)c1. The average Bonchev–Trinajstić information content (AvgIpc) is 2.47. The molecule has 0 N–H and O–H groups in total. The summed E-state index contributed by atoms with van der Waals surface area (Å²) in [6.45, 7) is 1.46. The van der Waals surface area contributed by atoms with Gasteiger partial charge in [-0.2, -0.15) is 0 Å². The lowest BCUT2D eigenvalue weighted by molar-refractivity contribution is 0.101. The molecule has 2 aromatic carbocycles. The number of halogens is 2. The van der Waals surface area contributed by atoms with Gasteiger partial charge in [0.1, 0.15) is 5.82 Å². The van der Waals surface area contributed by atoms with Crippen molar-refractivity contribution in [1.82, 2.24) is 4.98 Å². The summed E-state index contributed by atoms with van der Waals surface area (Å²) in [4.78, 5) is 16.3. The van der Waals surface area contributed by atoms with E-state index in [9.17, 15) is 9.18 Å². The summed E-state index contributed by atoms with van der Waals surface area (Å²) in [5, 5.41) is 1.20. The first-order valence-electron chi connectivity index (χ1n) is 6.42. The molecular formula is C17H11ClFNO. The van der Waals surface area contributed by atoms with E-state index in [2.05, 4.69) is 4.98 Å². The highest BCUT2D eigenvalue weighted by Gasteiger charge is 2.17. The molecule has 3 rings (SSSR count). The van der Waals surface area contributed by atoms with Crippen molar-refractivity contribution in [1.29, 1.82) is 0 Å². The molecule has 3 aromatic rings. The Balaban J connectivity index is 2.46. The zero-order valence-corrected chi connectivity index (χ0v) is 12.0. The largest absolute Gasteiger partial charge is 0.294 e. The number of fused-ring (bicyclic) bond motifs is 1. The Labute approximate surface area is 126 Å². The Hall–Kier alpha value is -2.26. The van der Waals surface area contributed by atoms with Gasteiger partial charge in [-0.3, -0.25) is 9.78 Å². The molecule has 0 bridgehead atoms. The van der Waals surface area contributed by atoms with Crippen molar-refractivity contribution in [2.75, 3.05) is 0 Å². The van der Waals surface area contributed by atoms with E-state index in [-0.39, 0.29) is 11.6 Å². The van der Waals surface area contributed by atoms with Gasteiger partial charge in [0.25, 0.3) is 0 Å². The van der Waals surface area contributed by atoms with Gasteiger partial charge in [-0.15, -0.1) is 0 Å². The zero-order chi connectivity index (χ0) is 15.0. The molecule has 0 spiro atoms. The molecule has 0 unspecified atom stereocenters. The third kappa shape index (κ3) is 2.41. The summed E-state index contributed by atoms with van der Waals surface area (Å²) in [7, 11) is 0. The first-order chi connectivity index (χ1) is 10.1. The Morgan fingerprint density at radius 3 is 2.71 bits per heavy atom. The number of pyridine rings is 1. The van der Waals surface area contributed by atoms with Gasteiger partial charge in [0.2, 0.25) is 0 Å². The summed E-state index contributed by atoms with van der Waals surface area (Å²) in [5.41, 5.74) is 2.26. The molecule has 0 aliphatic carbocycles. The number of hydrogen-bond acceptors (Lipinski definition) is 2. The van der Waals surface area contributed by atoms with Crippen LogP contribution in [0, 0.1) is 5.82 Å². The van der Waals surface area contributed by atoms with Crippen LogP contribution in [-0.2, 0) is 0 Å². The van der Waals surface area contributed by atoms with Gasteiger partial charge in [0.05, 0.1) is 10.5 Å². The first-order valence-corrected chi connectivity index (χ1v) is 6.80. The molecule has 0 aliphatic rings. The van der Waals surface area contributed by atoms with E-state index in [0.717, 1.165) is 5.39 Å². The van der Waals surface area contributed by atoms with E-state index in [1.54, 1.807) is 30.5 Å². The normalized spacial score (nSPS) is 10.8. The predicted molar refractivity (Wildman–Crippen MR) is 82.2 cm³/mol. The molecule has 0 radical (unpaired) electrons. The van der Waals surface area contributed by atoms with Gasteiger partial charge in [0, 0.05) is 22.7 Å². The fourth-order valence-electron chi connectivity index (χ4n) is 2.42. The maximum atomic E-state index is 13.5. The van der Waals surface area contributed by atoms with Crippen molar-refractivity contribution in [3.63, 3.8) is 0 Å². The number of rotatable bonds is 2. The Bertz CT molecular complexity index is 861. The van der Waals surface area contributed by atoms with Crippen molar-refractivity contribution in [3.8, 4) is 11.1 Å². The van der Waals surface area contributed by atoms with E-state index in [1.807, 2.05) is 6.07 Å². The minimum Gasteiger partial charge on any atom is -0.294 e. The summed E-state index contributed by atoms with van der Waals surface area (Å²) < 4.78 is 13.5. The van der Waals surface area contributed by atoms with Crippen LogP contribution in [0.4, 0.5) is 4.39 Å². The number of nitrogens with zero attached hydrogens (tertiary/aromatic N) is 1. The summed E-state index contributed by atoms with van der Waals surface area (Å²) in [5.74, 6) is -0.496. The second-order valence-electron chi connectivity index (χ2n) is 4.75. The van der Waals surface area contributed by atoms with E-state index in [1.165, 1.54) is 19.1 Å². The maximum Gasteiger partial charge on any atom is 0.160 e. The number of benzene rings is 2. The van der Waals surface area contributed by atoms with Gasteiger partial charge >= 0.3 is 0 Å². The topological polar surface area (TPSA) is 30.0 Å². The predicted octanol–water partition coefficient (Wildman–Crippen LogP) is 4.90. The van der Waals surface area contributed by atoms with Crippen LogP contribution < -0.4 is 0 Å². The van der Waals surface area contributed by atoms with Gasteiger partial charge < -0.3 is 0 Å². The smallest absolute Gasteiger partial charge is 0.160 e. The fraction of sp³-hybridized carbons (Fsp3) is 0.0588. The summed E-state index contributed by atoms with van der Waals surface area (Å²) in [6.07, 6.45) is 1.63. The molecule has 4 heteroatoms. The number of carbonyl (C=O) groups is 1. The number of Topliss-reactive ketones (excluding diaryl/α,β-unsaturated/α-hetero) is 1. The molecule has 0 saturated heterocycles. The zero-order valence-electron chi connectivity index (χ0n) is 11.2. The monoisotopic (exact) mass is 299 g/mol. The summed E-state index contributed by atoms with van der Waals surface area (Å²) >= 11 is 6.23. The Morgan fingerprint density at radius 2 is 2.00 bits per heavy atom. The molecule has 0 atom stereocenters. The molecule has 2 nitrogen and oxygen atoms in total. The van der Waals surface area contributed by atoms with Crippen molar-refractivity contribution in [2.45, 2.75) is 6.92 Å². The van der Waals surface area contributed by atoms with E-state index in [4.69, 9.17) is 11.6 Å². The van der Waals surface area contributed by atoms with E-state index >= 15 is 0 Å². The van der Waals surface area contributed by atoms with Crippen LogP contribution in [0.15, 0.2) is 48.7 Å². The lowest BCUT2D eigenvalue weighted by atomic mass is 9.94. The highest BCUT2D eigenvalue weighted by molar-refractivity contribution is 6.36.